The highest BCUT2D eigenvalue weighted by Crippen LogP contribution is 2.20. The maximum absolute atomic E-state index is 14.1. The molecule has 0 aliphatic carbocycles. The van der Waals surface area contributed by atoms with Gasteiger partial charge < -0.3 is 15.1 Å². The molecule has 0 unspecified atom stereocenters. The summed E-state index contributed by atoms with van der Waals surface area (Å²) in [6, 6.07) is 15.1. The zero-order valence-corrected chi connectivity index (χ0v) is 18.3. The Morgan fingerprint density at radius 2 is 1.72 bits per heavy atom. The maximum Gasteiger partial charge on any atom is 0.256 e. The average Bonchev–Trinajstić information content (AvgIpc) is 2.80. The van der Waals surface area contributed by atoms with Gasteiger partial charge in [0.25, 0.3) is 11.8 Å². The Morgan fingerprint density at radius 1 is 1.00 bits per heavy atom. The van der Waals surface area contributed by atoms with Crippen LogP contribution >= 0.6 is 11.6 Å². The molecule has 32 heavy (non-hydrogen) atoms. The topological polar surface area (TPSA) is 65.5 Å². The number of amides is 2. The van der Waals surface area contributed by atoms with Crippen molar-refractivity contribution >= 4 is 34.9 Å². The zero-order valence-electron chi connectivity index (χ0n) is 17.5. The summed E-state index contributed by atoms with van der Waals surface area (Å²) in [5.74, 6) is -0.403. The van der Waals surface area contributed by atoms with E-state index in [-0.39, 0.29) is 22.4 Å². The molecule has 0 saturated carbocycles. The minimum atomic E-state index is -0.616. The summed E-state index contributed by atoms with van der Waals surface area (Å²) in [4.78, 5) is 33.1. The summed E-state index contributed by atoms with van der Waals surface area (Å²) in [6.07, 6.45) is 1.61. The summed E-state index contributed by atoms with van der Waals surface area (Å²) < 4.78 is 14.1. The van der Waals surface area contributed by atoms with Gasteiger partial charge in [0, 0.05) is 36.8 Å². The number of rotatable bonds is 4. The number of nitrogens with one attached hydrogen (secondary N) is 1. The van der Waals surface area contributed by atoms with Crippen LogP contribution in [0.2, 0.25) is 5.02 Å². The molecule has 2 amide bonds. The van der Waals surface area contributed by atoms with Crippen LogP contribution < -0.4 is 10.2 Å². The molecule has 164 valence electrons. The van der Waals surface area contributed by atoms with Gasteiger partial charge in [-0.1, -0.05) is 29.3 Å². The fourth-order valence-corrected chi connectivity index (χ4v) is 3.69. The van der Waals surface area contributed by atoms with E-state index in [1.807, 2.05) is 30.0 Å². The average molecular weight is 453 g/mol. The Kier molecular flexibility index (Phi) is 6.37. The van der Waals surface area contributed by atoms with Gasteiger partial charge in [-0.25, -0.2) is 9.37 Å². The third-order valence-corrected chi connectivity index (χ3v) is 5.61. The quantitative estimate of drug-likeness (QED) is 0.637. The largest absolute Gasteiger partial charge is 0.353 e. The van der Waals surface area contributed by atoms with Crippen molar-refractivity contribution in [3.8, 4) is 0 Å². The highest BCUT2D eigenvalue weighted by atomic mass is 35.5. The molecular formula is C24H22ClFN4O2. The highest BCUT2D eigenvalue weighted by molar-refractivity contribution is 6.30. The lowest BCUT2D eigenvalue weighted by Crippen LogP contribution is -2.49. The molecule has 3 aromatic rings. The molecule has 1 N–H and O–H groups in total. The smallest absolute Gasteiger partial charge is 0.256 e. The van der Waals surface area contributed by atoms with Crippen LogP contribution in [-0.4, -0.2) is 47.9 Å². The monoisotopic (exact) mass is 452 g/mol. The molecule has 0 radical (unpaired) electrons. The van der Waals surface area contributed by atoms with Crippen molar-refractivity contribution in [2.75, 3.05) is 36.4 Å². The Balaban J connectivity index is 1.34. The summed E-state index contributed by atoms with van der Waals surface area (Å²) in [5.41, 5.74) is 2.30. The van der Waals surface area contributed by atoms with E-state index < -0.39 is 5.82 Å². The number of hydrogen-bond acceptors (Lipinski definition) is 4. The number of anilines is 2. The molecule has 8 heteroatoms. The second kappa shape index (κ2) is 9.36. The standard InChI is InChI=1S/C24H22ClFN4O2/c1-16-2-4-17(5-3-16)23(31)28-19-7-9-22(27-15-19)29-10-12-30(13-11-29)24(32)20-8-6-18(25)14-21(20)26/h2-9,14-15H,10-13H2,1H3,(H,28,31). The summed E-state index contributed by atoms with van der Waals surface area (Å²) in [5, 5.41) is 3.10. The van der Waals surface area contributed by atoms with E-state index in [0.717, 1.165) is 17.4 Å². The van der Waals surface area contributed by atoms with E-state index >= 15 is 0 Å². The van der Waals surface area contributed by atoms with Crippen molar-refractivity contribution in [1.29, 1.82) is 0 Å². The zero-order chi connectivity index (χ0) is 22.7. The number of halogens is 2. The molecular weight excluding hydrogens is 431 g/mol. The van der Waals surface area contributed by atoms with Gasteiger partial charge in [-0.05, 0) is 49.4 Å². The number of benzene rings is 2. The van der Waals surface area contributed by atoms with E-state index in [2.05, 4.69) is 10.3 Å². The molecule has 1 aromatic heterocycles. The number of pyridine rings is 1. The minimum absolute atomic E-state index is 0.0228. The van der Waals surface area contributed by atoms with Gasteiger partial charge in [-0.3, -0.25) is 9.59 Å². The minimum Gasteiger partial charge on any atom is -0.353 e. The number of hydrogen-bond donors (Lipinski definition) is 1. The van der Waals surface area contributed by atoms with Gasteiger partial charge in [-0.2, -0.15) is 0 Å². The number of aryl methyl sites for hydroxylation is 1. The molecule has 2 heterocycles. The third kappa shape index (κ3) is 4.89. The number of aromatic nitrogens is 1. The second-order valence-electron chi connectivity index (χ2n) is 7.63. The van der Waals surface area contributed by atoms with E-state index in [0.29, 0.717) is 37.4 Å². The van der Waals surface area contributed by atoms with Crippen LogP contribution in [-0.2, 0) is 0 Å². The van der Waals surface area contributed by atoms with Crippen molar-refractivity contribution in [3.63, 3.8) is 0 Å². The number of carbonyl (C=O) groups is 2. The van der Waals surface area contributed by atoms with Crippen LogP contribution in [0.4, 0.5) is 15.9 Å². The first kappa shape index (κ1) is 21.8. The molecule has 0 spiro atoms. The fraction of sp³-hybridized carbons (Fsp3) is 0.208. The van der Waals surface area contributed by atoms with Crippen molar-refractivity contribution < 1.29 is 14.0 Å². The van der Waals surface area contributed by atoms with Gasteiger partial charge in [0.2, 0.25) is 0 Å². The van der Waals surface area contributed by atoms with Crippen molar-refractivity contribution in [2.24, 2.45) is 0 Å². The van der Waals surface area contributed by atoms with Crippen LogP contribution in [0.1, 0.15) is 26.3 Å². The number of piperazine rings is 1. The Labute approximate surface area is 190 Å². The Bertz CT molecular complexity index is 1130. The van der Waals surface area contributed by atoms with Crippen LogP contribution in [0.15, 0.2) is 60.8 Å². The van der Waals surface area contributed by atoms with Crippen LogP contribution in [0.3, 0.4) is 0 Å². The molecule has 1 aliphatic rings. The van der Waals surface area contributed by atoms with E-state index in [1.165, 1.54) is 12.1 Å². The predicted octanol–water partition coefficient (Wildman–Crippen LogP) is 4.40. The first-order valence-electron chi connectivity index (χ1n) is 10.2. The maximum atomic E-state index is 14.1. The fourth-order valence-electron chi connectivity index (χ4n) is 3.53. The lowest BCUT2D eigenvalue weighted by molar-refractivity contribution is 0.0741. The first-order valence-corrected chi connectivity index (χ1v) is 10.6. The first-order chi connectivity index (χ1) is 15.4. The van der Waals surface area contributed by atoms with Gasteiger partial charge in [0.15, 0.2) is 0 Å². The molecule has 1 aliphatic heterocycles. The van der Waals surface area contributed by atoms with Crippen molar-refractivity contribution in [1.82, 2.24) is 9.88 Å². The van der Waals surface area contributed by atoms with Gasteiger partial charge in [0.05, 0.1) is 17.4 Å². The molecule has 6 nitrogen and oxygen atoms in total. The lowest BCUT2D eigenvalue weighted by atomic mass is 10.1. The molecule has 0 atom stereocenters. The van der Waals surface area contributed by atoms with Crippen LogP contribution in [0, 0.1) is 12.7 Å². The summed E-state index contributed by atoms with van der Waals surface area (Å²) >= 11 is 5.77. The van der Waals surface area contributed by atoms with Crippen molar-refractivity contribution in [3.05, 3.63) is 88.3 Å². The number of nitrogens with zero attached hydrogens (tertiary/aromatic N) is 3. The molecule has 4 rings (SSSR count). The summed E-state index contributed by atoms with van der Waals surface area (Å²) in [7, 11) is 0. The van der Waals surface area contributed by atoms with Gasteiger partial charge in [0.1, 0.15) is 11.6 Å². The summed E-state index contributed by atoms with van der Waals surface area (Å²) in [6.45, 7) is 4.02. The van der Waals surface area contributed by atoms with E-state index in [9.17, 15) is 14.0 Å². The van der Waals surface area contributed by atoms with Crippen LogP contribution in [0.5, 0.6) is 0 Å². The predicted molar refractivity (Wildman–Crippen MR) is 123 cm³/mol. The Hall–Kier alpha value is -3.45. The van der Waals surface area contributed by atoms with E-state index in [4.69, 9.17) is 11.6 Å². The normalized spacial score (nSPS) is 13.7. The SMILES string of the molecule is Cc1ccc(C(=O)Nc2ccc(N3CCN(C(=O)c4ccc(Cl)cc4F)CC3)nc2)cc1. The van der Waals surface area contributed by atoms with Crippen molar-refractivity contribution in [2.45, 2.75) is 6.92 Å². The second-order valence-corrected chi connectivity index (χ2v) is 8.07. The number of carbonyl (C=O) groups excluding carboxylic acids is 2. The molecule has 0 bridgehead atoms. The lowest BCUT2D eigenvalue weighted by Gasteiger charge is -2.35. The molecule has 2 aromatic carbocycles. The molecule has 1 saturated heterocycles. The third-order valence-electron chi connectivity index (χ3n) is 5.37. The Morgan fingerprint density at radius 3 is 2.34 bits per heavy atom. The van der Waals surface area contributed by atoms with Gasteiger partial charge in [-0.15, -0.1) is 0 Å². The van der Waals surface area contributed by atoms with Gasteiger partial charge >= 0.3 is 0 Å². The highest BCUT2D eigenvalue weighted by Gasteiger charge is 2.24. The van der Waals surface area contributed by atoms with E-state index in [1.54, 1.807) is 29.3 Å². The van der Waals surface area contributed by atoms with Crippen LogP contribution in [0.25, 0.3) is 0 Å². The molecule has 1 fully saturated rings.